The predicted molar refractivity (Wildman–Crippen MR) is 78.3 cm³/mol. The van der Waals surface area contributed by atoms with E-state index in [-0.39, 0.29) is 0 Å². The first-order valence-electron chi connectivity index (χ1n) is 6.01. The Morgan fingerprint density at radius 2 is 1.84 bits per heavy atom. The summed E-state index contributed by atoms with van der Waals surface area (Å²) < 4.78 is 0. The van der Waals surface area contributed by atoms with Gasteiger partial charge in [-0.1, -0.05) is 17.7 Å². The van der Waals surface area contributed by atoms with Crippen molar-refractivity contribution in [2.45, 2.75) is 6.54 Å². The highest BCUT2D eigenvalue weighted by atomic mass is 35.5. The zero-order valence-electron chi connectivity index (χ0n) is 10.2. The van der Waals surface area contributed by atoms with Gasteiger partial charge >= 0.3 is 0 Å². The molecular formula is C15H12ClN3. The number of aromatic nitrogens is 2. The molecule has 0 spiro atoms. The molecule has 0 saturated heterocycles. The van der Waals surface area contributed by atoms with Crippen LogP contribution in [0.25, 0.3) is 10.9 Å². The Morgan fingerprint density at radius 3 is 2.68 bits per heavy atom. The molecule has 4 heteroatoms. The van der Waals surface area contributed by atoms with Gasteiger partial charge in [0.05, 0.1) is 22.8 Å². The number of benzene rings is 1. The second-order valence-electron chi connectivity index (χ2n) is 4.17. The average molecular weight is 270 g/mol. The topological polar surface area (TPSA) is 37.8 Å². The molecule has 0 aliphatic rings. The number of pyridine rings is 2. The summed E-state index contributed by atoms with van der Waals surface area (Å²) in [6.07, 6.45) is 3.54. The number of halogens is 1. The maximum absolute atomic E-state index is 6.14. The molecule has 3 rings (SSSR count). The summed E-state index contributed by atoms with van der Waals surface area (Å²) in [5.74, 6) is 0. The first-order chi connectivity index (χ1) is 9.34. The minimum Gasteiger partial charge on any atom is -0.379 e. The molecule has 0 unspecified atom stereocenters. The SMILES string of the molecule is Clc1ccc(NCc2ccccn2)c2cccnc12. The third-order valence-corrected chi connectivity index (χ3v) is 3.21. The Morgan fingerprint density at radius 1 is 0.947 bits per heavy atom. The quantitative estimate of drug-likeness (QED) is 0.784. The molecule has 1 aromatic carbocycles. The molecule has 0 radical (unpaired) electrons. The highest BCUT2D eigenvalue weighted by Crippen LogP contribution is 2.28. The summed E-state index contributed by atoms with van der Waals surface area (Å²) in [6, 6.07) is 13.6. The standard InChI is InChI=1S/C15H12ClN3/c16-13-6-7-14(12-5-3-9-18-15(12)13)19-10-11-4-1-2-8-17-11/h1-9,19H,10H2. The van der Waals surface area contributed by atoms with Crippen LogP contribution in [0.3, 0.4) is 0 Å². The van der Waals surface area contributed by atoms with E-state index in [1.807, 2.05) is 42.5 Å². The molecule has 2 aromatic heterocycles. The highest BCUT2D eigenvalue weighted by molar-refractivity contribution is 6.35. The van der Waals surface area contributed by atoms with Gasteiger partial charge in [0.2, 0.25) is 0 Å². The fraction of sp³-hybridized carbons (Fsp3) is 0.0667. The van der Waals surface area contributed by atoms with Crippen molar-refractivity contribution in [2.75, 3.05) is 5.32 Å². The molecule has 0 amide bonds. The lowest BCUT2D eigenvalue weighted by Crippen LogP contribution is -2.01. The fourth-order valence-corrected chi connectivity index (χ4v) is 2.19. The summed E-state index contributed by atoms with van der Waals surface area (Å²) in [4.78, 5) is 8.60. The van der Waals surface area contributed by atoms with Gasteiger partial charge in [-0.15, -0.1) is 0 Å². The lowest BCUT2D eigenvalue weighted by atomic mass is 10.2. The Labute approximate surface area is 116 Å². The third kappa shape index (κ3) is 2.51. The smallest absolute Gasteiger partial charge is 0.0908 e. The zero-order valence-corrected chi connectivity index (χ0v) is 10.9. The molecule has 94 valence electrons. The van der Waals surface area contributed by atoms with Crippen molar-refractivity contribution in [3.8, 4) is 0 Å². The van der Waals surface area contributed by atoms with Gasteiger partial charge in [0.25, 0.3) is 0 Å². The summed E-state index contributed by atoms with van der Waals surface area (Å²) in [5.41, 5.74) is 2.82. The van der Waals surface area contributed by atoms with Crippen molar-refractivity contribution in [3.63, 3.8) is 0 Å². The predicted octanol–water partition coefficient (Wildman–Crippen LogP) is 3.90. The molecule has 3 nitrogen and oxygen atoms in total. The molecule has 19 heavy (non-hydrogen) atoms. The monoisotopic (exact) mass is 269 g/mol. The number of nitrogens with one attached hydrogen (secondary N) is 1. The highest BCUT2D eigenvalue weighted by Gasteiger charge is 2.05. The number of fused-ring (bicyclic) bond motifs is 1. The van der Waals surface area contributed by atoms with Gasteiger partial charge < -0.3 is 5.32 Å². The van der Waals surface area contributed by atoms with Crippen LogP contribution in [-0.2, 0) is 6.54 Å². The fourth-order valence-electron chi connectivity index (χ4n) is 1.98. The lowest BCUT2D eigenvalue weighted by Gasteiger charge is -2.09. The number of hydrogen-bond acceptors (Lipinski definition) is 3. The molecule has 0 aliphatic heterocycles. The number of rotatable bonds is 3. The van der Waals surface area contributed by atoms with Crippen molar-refractivity contribution < 1.29 is 0 Å². The van der Waals surface area contributed by atoms with E-state index in [9.17, 15) is 0 Å². The van der Waals surface area contributed by atoms with Gasteiger partial charge in [-0.2, -0.15) is 0 Å². The minimum absolute atomic E-state index is 0.666. The molecule has 0 saturated carbocycles. The summed E-state index contributed by atoms with van der Waals surface area (Å²) >= 11 is 6.14. The van der Waals surface area contributed by atoms with Crippen LogP contribution in [0.1, 0.15) is 5.69 Å². The van der Waals surface area contributed by atoms with Crippen LogP contribution in [0, 0.1) is 0 Å². The Kier molecular flexibility index (Phi) is 3.29. The molecule has 0 bridgehead atoms. The molecule has 2 heterocycles. The molecule has 3 aromatic rings. The zero-order chi connectivity index (χ0) is 13.1. The van der Waals surface area contributed by atoms with Crippen LogP contribution in [0.4, 0.5) is 5.69 Å². The van der Waals surface area contributed by atoms with E-state index < -0.39 is 0 Å². The Hall–Kier alpha value is -2.13. The maximum Gasteiger partial charge on any atom is 0.0908 e. The third-order valence-electron chi connectivity index (χ3n) is 2.91. The van der Waals surface area contributed by atoms with Crippen LogP contribution in [0.15, 0.2) is 54.9 Å². The van der Waals surface area contributed by atoms with E-state index in [1.54, 1.807) is 12.4 Å². The van der Waals surface area contributed by atoms with E-state index in [0.717, 1.165) is 22.3 Å². The van der Waals surface area contributed by atoms with Gasteiger partial charge in [0, 0.05) is 23.5 Å². The second kappa shape index (κ2) is 5.24. The summed E-state index contributed by atoms with van der Waals surface area (Å²) in [7, 11) is 0. The van der Waals surface area contributed by atoms with E-state index in [0.29, 0.717) is 11.6 Å². The molecule has 0 fully saturated rings. The van der Waals surface area contributed by atoms with Crippen molar-refractivity contribution >= 4 is 28.2 Å². The van der Waals surface area contributed by atoms with Gasteiger partial charge in [-0.3, -0.25) is 9.97 Å². The van der Waals surface area contributed by atoms with E-state index >= 15 is 0 Å². The van der Waals surface area contributed by atoms with Gasteiger partial charge in [0.15, 0.2) is 0 Å². The van der Waals surface area contributed by atoms with Crippen LogP contribution >= 0.6 is 11.6 Å². The maximum atomic E-state index is 6.14. The van der Waals surface area contributed by atoms with Crippen molar-refractivity contribution in [3.05, 3.63) is 65.6 Å². The van der Waals surface area contributed by atoms with Crippen LogP contribution in [0.2, 0.25) is 5.02 Å². The summed E-state index contributed by atoms with van der Waals surface area (Å²) in [5, 5.41) is 5.06. The van der Waals surface area contributed by atoms with E-state index in [1.165, 1.54) is 0 Å². The first-order valence-corrected chi connectivity index (χ1v) is 6.39. The average Bonchev–Trinajstić information content (AvgIpc) is 2.48. The first kappa shape index (κ1) is 11.9. The van der Waals surface area contributed by atoms with Gasteiger partial charge in [-0.25, -0.2) is 0 Å². The molecule has 0 atom stereocenters. The van der Waals surface area contributed by atoms with Crippen molar-refractivity contribution in [1.29, 1.82) is 0 Å². The minimum atomic E-state index is 0.666. The largest absolute Gasteiger partial charge is 0.379 e. The van der Waals surface area contributed by atoms with Gasteiger partial charge in [0.1, 0.15) is 0 Å². The number of anilines is 1. The Bertz CT molecular complexity index is 698. The van der Waals surface area contributed by atoms with E-state index in [4.69, 9.17) is 11.6 Å². The Balaban J connectivity index is 1.91. The lowest BCUT2D eigenvalue weighted by molar-refractivity contribution is 1.05. The molecule has 0 aliphatic carbocycles. The second-order valence-corrected chi connectivity index (χ2v) is 4.58. The number of hydrogen-bond donors (Lipinski definition) is 1. The van der Waals surface area contributed by atoms with Crippen LogP contribution < -0.4 is 5.32 Å². The number of nitrogens with zero attached hydrogens (tertiary/aromatic N) is 2. The molecular weight excluding hydrogens is 258 g/mol. The van der Waals surface area contributed by atoms with Crippen LogP contribution in [-0.4, -0.2) is 9.97 Å². The van der Waals surface area contributed by atoms with Crippen molar-refractivity contribution in [2.24, 2.45) is 0 Å². The summed E-state index contributed by atoms with van der Waals surface area (Å²) in [6.45, 7) is 0.673. The van der Waals surface area contributed by atoms with Crippen molar-refractivity contribution in [1.82, 2.24) is 9.97 Å². The van der Waals surface area contributed by atoms with Gasteiger partial charge in [-0.05, 0) is 36.4 Å². The molecule has 1 N–H and O–H groups in total. The van der Waals surface area contributed by atoms with E-state index in [2.05, 4.69) is 15.3 Å². The normalized spacial score (nSPS) is 10.6. The van der Waals surface area contributed by atoms with Crippen LogP contribution in [0.5, 0.6) is 0 Å².